The lowest BCUT2D eigenvalue weighted by molar-refractivity contribution is -0.896. The summed E-state index contributed by atoms with van der Waals surface area (Å²) < 4.78 is 12.4. The van der Waals surface area contributed by atoms with Gasteiger partial charge in [0.25, 0.3) is 0 Å². The normalized spacial score (nSPS) is 12.4. The number of rotatable bonds is 17. The van der Waals surface area contributed by atoms with Crippen LogP contribution in [0.4, 0.5) is 0 Å². The molecule has 0 heterocycles. The molecular weight excluding hydrogens is 422 g/mol. The van der Waals surface area contributed by atoms with Crippen molar-refractivity contribution < 1.29 is 18.8 Å². The Morgan fingerprint density at radius 1 is 0.824 bits per heavy atom. The van der Waals surface area contributed by atoms with Gasteiger partial charge in [-0.3, -0.25) is 0 Å². The highest BCUT2D eigenvalue weighted by atomic mass is 16.7. The van der Waals surface area contributed by atoms with Gasteiger partial charge in [0, 0.05) is 12.0 Å². The Hall–Kier alpha value is -2.33. The Kier molecular flexibility index (Phi) is 12.8. The van der Waals surface area contributed by atoms with E-state index >= 15 is 0 Å². The molecule has 2 rings (SSSR count). The van der Waals surface area contributed by atoms with E-state index in [0.717, 1.165) is 25.1 Å². The fourth-order valence-corrected chi connectivity index (χ4v) is 4.26. The van der Waals surface area contributed by atoms with Crippen LogP contribution >= 0.6 is 0 Å². The molecule has 0 saturated carbocycles. The fourth-order valence-electron chi connectivity index (χ4n) is 4.26. The van der Waals surface area contributed by atoms with E-state index in [4.69, 9.17) is 9.47 Å². The van der Waals surface area contributed by atoms with Gasteiger partial charge in [-0.15, -0.1) is 0 Å². The largest absolute Gasteiger partial charge is 0.455 e. The Labute approximate surface area is 207 Å². The quantitative estimate of drug-likeness (QED) is 0.106. The lowest BCUT2D eigenvalue weighted by Crippen LogP contribution is -2.44. The highest BCUT2D eigenvalue weighted by Crippen LogP contribution is 2.20. The SMILES string of the molecule is CCCCCCCCCc1cccc(OC(CCC)OC(=O)C[N+](C)(C)Cc2ccccc2)c1. The number of esters is 1. The van der Waals surface area contributed by atoms with E-state index < -0.39 is 6.29 Å². The van der Waals surface area contributed by atoms with Crippen molar-refractivity contribution in [2.24, 2.45) is 0 Å². The molecule has 4 heteroatoms. The van der Waals surface area contributed by atoms with Gasteiger partial charge in [-0.25, -0.2) is 4.79 Å². The molecular formula is C30H46NO3+. The first-order valence-corrected chi connectivity index (χ1v) is 13.2. The van der Waals surface area contributed by atoms with Crippen LogP contribution in [0.1, 0.15) is 82.8 Å². The van der Waals surface area contributed by atoms with E-state index in [9.17, 15) is 4.79 Å². The number of quaternary nitrogens is 1. The van der Waals surface area contributed by atoms with E-state index in [-0.39, 0.29) is 5.97 Å². The second kappa shape index (κ2) is 15.5. The number of hydrogen-bond donors (Lipinski definition) is 0. The molecule has 0 aliphatic heterocycles. The maximum absolute atomic E-state index is 12.7. The van der Waals surface area contributed by atoms with Crippen molar-refractivity contribution >= 4 is 5.97 Å². The van der Waals surface area contributed by atoms with Crippen LogP contribution < -0.4 is 4.74 Å². The number of hydrogen-bond acceptors (Lipinski definition) is 3. The molecule has 4 nitrogen and oxygen atoms in total. The molecule has 2 aromatic carbocycles. The van der Waals surface area contributed by atoms with Gasteiger partial charge in [0.2, 0.25) is 6.29 Å². The molecule has 0 radical (unpaired) electrons. The highest BCUT2D eigenvalue weighted by Gasteiger charge is 2.25. The van der Waals surface area contributed by atoms with Crippen LogP contribution in [0.15, 0.2) is 54.6 Å². The maximum atomic E-state index is 12.7. The van der Waals surface area contributed by atoms with Crippen molar-refractivity contribution in [3.63, 3.8) is 0 Å². The Bertz CT molecular complexity index is 819. The number of ether oxygens (including phenoxy) is 2. The summed E-state index contributed by atoms with van der Waals surface area (Å²) in [5, 5.41) is 0. The molecule has 0 amide bonds. The van der Waals surface area contributed by atoms with Crippen molar-refractivity contribution in [1.29, 1.82) is 0 Å². The van der Waals surface area contributed by atoms with E-state index in [1.807, 2.05) is 30.3 Å². The fraction of sp³-hybridized carbons (Fsp3) is 0.567. The zero-order chi connectivity index (χ0) is 24.7. The first-order chi connectivity index (χ1) is 16.4. The van der Waals surface area contributed by atoms with E-state index in [0.29, 0.717) is 17.4 Å². The molecule has 0 N–H and O–H groups in total. The van der Waals surface area contributed by atoms with Crippen molar-refractivity contribution in [2.75, 3.05) is 20.6 Å². The lowest BCUT2D eigenvalue weighted by atomic mass is 10.0. The third kappa shape index (κ3) is 11.7. The molecule has 0 fully saturated rings. The standard InChI is InChI=1S/C30H46NO3/c1-5-7-8-9-10-11-13-18-26-21-16-22-28(23-26)33-30(17-6-2)34-29(32)25-31(3,4)24-27-19-14-12-15-20-27/h12,14-16,19-23,30H,5-11,13,17-18,24-25H2,1-4H3/q+1. The predicted molar refractivity (Wildman–Crippen MR) is 141 cm³/mol. The third-order valence-electron chi connectivity index (χ3n) is 6.03. The minimum Gasteiger partial charge on any atom is -0.455 e. The molecule has 1 atom stereocenters. The summed E-state index contributed by atoms with van der Waals surface area (Å²) in [6, 6.07) is 18.5. The molecule has 188 valence electrons. The summed E-state index contributed by atoms with van der Waals surface area (Å²) in [5.74, 6) is 0.559. The van der Waals surface area contributed by atoms with Gasteiger partial charge in [-0.1, -0.05) is 94.8 Å². The summed E-state index contributed by atoms with van der Waals surface area (Å²) >= 11 is 0. The first kappa shape index (κ1) is 27.9. The molecule has 0 saturated heterocycles. The van der Waals surface area contributed by atoms with Gasteiger partial charge in [-0.2, -0.15) is 0 Å². The number of benzene rings is 2. The average Bonchev–Trinajstić information content (AvgIpc) is 2.79. The van der Waals surface area contributed by atoms with Gasteiger partial charge < -0.3 is 14.0 Å². The third-order valence-corrected chi connectivity index (χ3v) is 6.03. The highest BCUT2D eigenvalue weighted by molar-refractivity contribution is 5.70. The predicted octanol–water partition coefficient (Wildman–Crippen LogP) is 7.30. The number of unbranched alkanes of at least 4 members (excludes halogenated alkanes) is 6. The van der Waals surface area contributed by atoms with Crippen LogP contribution in [0.25, 0.3) is 0 Å². The first-order valence-electron chi connectivity index (χ1n) is 13.2. The van der Waals surface area contributed by atoms with Gasteiger partial charge in [0.05, 0.1) is 14.1 Å². The number of carbonyl (C=O) groups excluding carboxylic acids is 1. The number of nitrogens with zero attached hydrogens (tertiary/aromatic N) is 1. The Morgan fingerprint density at radius 2 is 1.50 bits per heavy atom. The van der Waals surface area contributed by atoms with Crippen LogP contribution in [0.5, 0.6) is 5.75 Å². The molecule has 0 aliphatic carbocycles. The zero-order valence-corrected chi connectivity index (χ0v) is 21.9. The molecule has 0 spiro atoms. The Morgan fingerprint density at radius 3 is 2.21 bits per heavy atom. The minimum atomic E-state index is -0.553. The van der Waals surface area contributed by atoms with Crippen LogP contribution in [0.3, 0.4) is 0 Å². The van der Waals surface area contributed by atoms with Gasteiger partial charge >= 0.3 is 5.97 Å². The molecule has 0 aliphatic rings. The second-order valence-electron chi connectivity index (χ2n) is 10.1. The van der Waals surface area contributed by atoms with Crippen molar-refractivity contribution in [3.05, 3.63) is 65.7 Å². The summed E-state index contributed by atoms with van der Waals surface area (Å²) in [5.41, 5.74) is 2.49. The van der Waals surface area contributed by atoms with E-state index in [1.165, 1.54) is 56.1 Å². The number of carbonyl (C=O) groups is 1. The van der Waals surface area contributed by atoms with Crippen molar-refractivity contribution in [2.45, 2.75) is 90.9 Å². The molecule has 1 unspecified atom stereocenters. The topological polar surface area (TPSA) is 35.5 Å². The monoisotopic (exact) mass is 468 g/mol. The molecule has 0 aromatic heterocycles. The number of aryl methyl sites for hydroxylation is 1. The summed E-state index contributed by atoms with van der Waals surface area (Å²) in [4.78, 5) is 12.7. The van der Waals surface area contributed by atoms with Gasteiger partial charge in [0.15, 0.2) is 6.54 Å². The lowest BCUT2D eigenvalue weighted by Gasteiger charge is -2.29. The van der Waals surface area contributed by atoms with Crippen molar-refractivity contribution in [3.8, 4) is 5.75 Å². The molecule has 0 bridgehead atoms. The average molecular weight is 469 g/mol. The molecule has 2 aromatic rings. The zero-order valence-electron chi connectivity index (χ0n) is 21.9. The Balaban J connectivity index is 1.83. The van der Waals surface area contributed by atoms with Crippen LogP contribution in [0, 0.1) is 0 Å². The van der Waals surface area contributed by atoms with Gasteiger partial charge in [-0.05, 0) is 37.0 Å². The second-order valence-corrected chi connectivity index (χ2v) is 10.1. The summed E-state index contributed by atoms with van der Waals surface area (Å²) in [6.45, 7) is 5.41. The minimum absolute atomic E-state index is 0.224. The van der Waals surface area contributed by atoms with E-state index in [1.54, 1.807) is 0 Å². The summed E-state index contributed by atoms with van der Waals surface area (Å²) in [6.07, 6.45) is 11.2. The van der Waals surface area contributed by atoms with E-state index in [2.05, 4.69) is 52.2 Å². The van der Waals surface area contributed by atoms with Crippen LogP contribution in [-0.2, 0) is 22.5 Å². The maximum Gasteiger partial charge on any atom is 0.364 e. The smallest absolute Gasteiger partial charge is 0.364 e. The van der Waals surface area contributed by atoms with Crippen molar-refractivity contribution in [1.82, 2.24) is 0 Å². The summed E-state index contributed by atoms with van der Waals surface area (Å²) in [7, 11) is 4.11. The number of likely N-dealkylation sites (N-methyl/N-ethyl adjacent to an activating group) is 1. The van der Waals surface area contributed by atoms with Gasteiger partial charge in [0.1, 0.15) is 12.3 Å². The molecule has 34 heavy (non-hydrogen) atoms. The van der Waals surface area contributed by atoms with Crippen LogP contribution in [0.2, 0.25) is 0 Å². The van der Waals surface area contributed by atoms with Crippen LogP contribution in [-0.4, -0.2) is 37.4 Å².